The lowest BCUT2D eigenvalue weighted by Crippen LogP contribution is -2.14. The molecule has 0 saturated carbocycles. The SMILES string of the molecule is COc1ccc(C(N)c2ccc(F)c(C)c2)c(F)c1. The molecule has 0 aliphatic heterocycles. The van der Waals surface area contributed by atoms with Gasteiger partial charge in [-0.1, -0.05) is 18.2 Å². The third-order valence-electron chi connectivity index (χ3n) is 3.08. The van der Waals surface area contributed by atoms with Gasteiger partial charge in [0, 0.05) is 11.6 Å². The summed E-state index contributed by atoms with van der Waals surface area (Å²) in [5, 5.41) is 0. The number of methoxy groups -OCH3 is 1. The number of rotatable bonds is 3. The molecule has 0 bridgehead atoms. The highest BCUT2D eigenvalue weighted by molar-refractivity contribution is 5.37. The van der Waals surface area contributed by atoms with Gasteiger partial charge in [-0.05, 0) is 30.2 Å². The highest BCUT2D eigenvalue weighted by atomic mass is 19.1. The van der Waals surface area contributed by atoms with Crippen LogP contribution in [-0.2, 0) is 0 Å². The van der Waals surface area contributed by atoms with E-state index < -0.39 is 11.9 Å². The van der Waals surface area contributed by atoms with Crippen molar-refractivity contribution in [3.8, 4) is 5.75 Å². The number of halogens is 2. The van der Waals surface area contributed by atoms with Crippen molar-refractivity contribution < 1.29 is 13.5 Å². The van der Waals surface area contributed by atoms with E-state index in [1.807, 2.05) is 0 Å². The van der Waals surface area contributed by atoms with Gasteiger partial charge in [0.1, 0.15) is 17.4 Å². The lowest BCUT2D eigenvalue weighted by molar-refractivity contribution is 0.410. The molecule has 0 heterocycles. The van der Waals surface area contributed by atoms with Crippen LogP contribution in [0.4, 0.5) is 8.78 Å². The second-order valence-corrected chi connectivity index (χ2v) is 4.37. The van der Waals surface area contributed by atoms with E-state index in [4.69, 9.17) is 10.5 Å². The lowest BCUT2D eigenvalue weighted by Gasteiger charge is -2.15. The molecular weight excluding hydrogens is 248 g/mol. The monoisotopic (exact) mass is 263 g/mol. The number of hydrogen-bond acceptors (Lipinski definition) is 2. The Hall–Kier alpha value is -1.94. The maximum Gasteiger partial charge on any atom is 0.132 e. The molecule has 1 atom stereocenters. The fourth-order valence-corrected chi connectivity index (χ4v) is 1.93. The zero-order chi connectivity index (χ0) is 14.0. The molecule has 0 radical (unpaired) electrons. The number of hydrogen-bond donors (Lipinski definition) is 1. The van der Waals surface area contributed by atoms with E-state index in [9.17, 15) is 8.78 Å². The molecule has 19 heavy (non-hydrogen) atoms. The highest BCUT2D eigenvalue weighted by Crippen LogP contribution is 2.26. The Kier molecular flexibility index (Phi) is 3.81. The highest BCUT2D eigenvalue weighted by Gasteiger charge is 2.15. The topological polar surface area (TPSA) is 35.2 Å². The van der Waals surface area contributed by atoms with Gasteiger partial charge in [0.25, 0.3) is 0 Å². The molecule has 0 spiro atoms. The summed E-state index contributed by atoms with van der Waals surface area (Å²) >= 11 is 0. The van der Waals surface area contributed by atoms with Gasteiger partial charge in [-0.25, -0.2) is 8.78 Å². The molecule has 2 aromatic rings. The van der Waals surface area contributed by atoms with Crippen LogP contribution in [0.25, 0.3) is 0 Å². The van der Waals surface area contributed by atoms with Gasteiger partial charge in [-0.15, -0.1) is 0 Å². The Morgan fingerprint density at radius 3 is 2.37 bits per heavy atom. The maximum absolute atomic E-state index is 13.9. The van der Waals surface area contributed by atoms with Crippen LogP contribution in [0.3, 0.4) is 0 Å². The first-order chi connectivity index (χ1) is 9.02. The Bertz CT molecular complexity index is 599. The zero-order valence-electron chi connectivity index (χ0n) is 10.8. The molecule has 0 aliphatic rings. The van der Waals surface area contributed by atoms with Crippen molar-refractivity contribution in [2.75, 3.05) is 7.11 Å². The van der Waals surface area contributed by atoms with Crippen molar-refractivity contribution in [2.24, 2.45) is 5.73 Å². The summed E-state index contributed by atoms with van der Waals surface area (Å²) in [6.07, 6.45) is 0. The van der Waals surface area contributed by atoms with Crippen LogP contribution in [0.1, 0.15) is 22.7 Å². The largest absolute Gasteiger partial charge is 0.497 e. The van der Waals surface area contributed by atoms with Crippen LogP contribution in [0.2, 0.25) is 0 Å². The first kappa shape index (κ1) is 13.5. The number of benzene rings is 2. The Balaban J connectivity index is 2.38. The first-order valence-corrected chi connectivity index (χ1v) is 5.88. The second-order valence-electron chi connectivity index (χ2n) is 4.37. The van der Waals surface area contributed by atoms with Gasteiger partial charge < -0.3 is 10.5 Å². The van der Waals surface area contributed by atoms with E-state index >= 15 is 0 Å². The molecule has 0 aliphatic carbocycles. The quantitative estimate of drug-likeness (QED) is 0.921. The van der Waals surface area contributed by atoms with Gasteiger partial charge in [0.15, 0.2) is 0 Å². The van der Waals surface area contributed by atoms with Crippen molar-refractivity contribution in [3.63, 3.8) is 0 Å². The van der Waals surface area contributed by atoms with E-state index in [-0.39, 0.29) is 5.82 Å². The van der Waals surface area contributed by atoms with Crippen molar-refractivity contribution in [2.45, 2.75) is 13.0 Å². The molecule has 0 amide bonds. The average molecular weight is 263 g/mol. The minimum Gasteiger partial charge on any atom is -0.497 e. The predicted octanol–water partition coefficient (Wildman–Crippen LogP) is 3.33. The number of ether oxygens (including phenoxy) is 1. The van der Waals surface area contributed by atoms with Gasteiger partial charge in [0.2, 0.25) is 0 Å². The average Bonchev–Trinajstić information content (AvgIpc) is 2.41. The third-order valence-corrected chi connectivity index (χ3v) is 3.08. The summed E-state index contributed by atoms with van der Waals surface area (Å²) < 4.78 is 32.1. The van der Waals surface area contributed by atoms with E-state index in [0.717, 1.165) is 0 Å². The maximum atomic E-state index is 13.9. The number of aryl methyl sites for hydroxylation is 1. The fourth-order valence-electron chi connectivity index (χ4n) is 1.93. The standard InChI is InChI=1S/C15H15F2NO/c1-9-7-10(3-6-13(9)16)15(18)12-5-4-11(19-2)8-14(12)17/h3-8,15H,18H2,1-2H3. The molecular formula is C15H15F2NO. The van der Waals surface area contributed by atoms with Crippen LogP contribution in [-0.4, -0.2) is 7.11 Å². The van der Waals surface area contributed by atoms with Crippen molar-refractivity contribution in [1.82, 2.24) is 0 Å². The molecule has 100 valence electrons. The molecule has 0 saturated heterocycles. The zero-order valence-corrected chi connectivity index (χ0v) is 10.8. The summed E-state index contributed by atoms with van der Waals surface area (Å²) in [5.74, 6) is -0.302. The molecule has 0 fully saturated rings. The summed E-state index contributed by atoms with van der Waals surface area (Å²) in [6.45, 7) is 1.65. The second kappa shape index (κ2) is 5.36. The summed E-state index contributed by atoms with van der Waals surface area (Å²) in [7, 11) is 1.47. The molecule has 0 aromatic heterocycles. The molecule has 1 unspecified atom stereocenters. The van der Waals surface area contributed by atoms with Crippen LogP contribution in [0, 0.1) is 18.6 Å². The molecule has 4 heteroatoms. The number of nitrogens with two attached hydrogens (primary N) is 1. The Labute approximate surface area is 110 Å². The smallest absolute Gasteiger partial charge is 0.132 e. The van der Waals surface area contributed by atoms with E-state index in [1.54, 1.807) is 31.2 Å². The van der Waals surface area contributed by atoms with Crippen LogP contribution in [0.15, 0.2) is 36.4 Å². The fraction of sp³-hybridized carbons (Fsp3) is 0.200. The molecule has 2 rings (SSSR count). The van der Waals surface area contributed by atoms with E-state index in [1.165, 1.54) is 19.2 Å². The minimum absolute atomic E-state index is 0.300. The van der Waals surface area contributed by atoms with Crippen LogP contribution >= 0.6 is 0 Å². The summed E-state index contributed by atoms with van der Waals surface area (Å²) in [5.41, 5.74) is 7.54. The van der Waals surface area contributed by atoms with Crippen molar-refractivity contribution >= 4 is 0 Å². The molecule has 2 N–H and O–H groups in total. The Morgan fingerprint density at radius 1 is 1.05 bits per heavy atom. The van der Waals surface area contributed by atoms with Crippen molar-refractivity contribution in [1.29, 1.82) is 0 Å². The van der Waals surface area contributed by atoms with Crippen LogP contribution < -0.4 is 10.5 Å². The predicted molar refractivity (Wildman–Crippen MR) is 70.1 cm³/mol. The minimum atomic E-state index is -0.634. The van der Waals surface area contributed by atoms with Gasteiger partial charge in [-0.2, -0.15) is 0 Å². The first-order valence-electron chi connectivity index (χ1n) is 5.88. The third kappa shape index (κ3) is 2.74. The lowest BCUT2D eigenvalue weighted by atomic mass is 9.97. The van der Waals surface area contributed by atoms with Gasteiger partial charge >= 0.3 is 0 Å². The summed E-state index contributed by atoms with van der Waals surface area (Å²) in [4.78, 5) is 0. The molecule has 2 aromatic carbocycles. The van der Waals surface area contributed by atoms with E-state index in [2.05, 4.69) is 0 Å². The Morgan fingerprint density at radius 2 is 1.79 bits per heavy atom. The summed E-state index contributed by atoms with van der Waals surface area (Å²) in [6, 6.07) is 8.41. The van der Waals surface area contributed by atoms with E-state index in [0.29, 0.717) is 22.4 Å². The van der Waals surface area contributed by atoms with Gasteiger partial charge in [0.05, 0.1) is 13.2 Å². The normalized spacial score (nSPS) is 12.3. The molecule has 2 nitrogen and oxygen atoms in total. The van der Waals surface area contributed by atoms with Crippen molar-refractivity contribution in [3.05, 3.63) is 64.7 Å². The van der Waals surface area contributed by atoms with Gasteiger partial charge in [-0.3, -0.25) is 0 Å². The van der Waals surface area contributed by atoms with Crippen LogP contribution in [0.5, 0.6) is 5.75 Å².